The maximum Gasteiger partial charge on any atom is 2.00 e. The van der Waals surface area contributed by atoms with Crippen molar-refractivity contribution in [3.05, 3.63) is 22.8 Å². The van der Waals surface area contributed by atoms with Gasteiger partial charge in [0, 0.05) is 0 Å². The molecule has 0 N–H and O–H groups in total. The van der Waals surface area contributed by atoms with Crippen LogP contribution in [0.5, 0.6) is 0 Å². The van der Waals surface area contributed by atoms with Gasteiger partial charge in [-0.15, -0.1) is 6.92 Å². The van der Waals surface area contributed by atoms with Crippen molar-refractivity contribution in [3.8, 4) is 0 Å². The van der Waals surface area contributed by atoms with Crippen molar-refractivity contribution in [1.29, 1.82) is 0 Å². The summed E-state index contributed by atoms with van der Waals surface area (Å²) in [7, 11) is 0. The minimum Gasteiger partial charge on any atom is -1.00 e. The third kappa shape index (κ3) is 4.30. The standard InChI is InChI=1S/C10H15.2HI.Os/c1-7-6-10(4,5)9(3)8(7)2;;;/h1-5H3;2*1H;/q-1;;;+2/p-2. The van der Waals surface area contributed by atoms with Crippen LogP contribution in [0, 0.1) is 11.5 Å². The summed E-state index contributed by atoms with van der Waals surface area (Å²) in [5, 5.41) is 0. The molecule has 0 heterocycles. The second-order valence-corrected chi connectivity index (χ2v) is 3.62. The largest absolute Gasteiger partial charge is 2.00 e. The summed E-state index contributed by atoms with van der Waals surface area (Å²) in [6, 6.07) is 0. The van der Waals surface area contributed by atoms with Crippen molar-refractivity contribution in [3.63, 3.8) is 0 Å². The Balaban J connectivity index is -0.000000333. The number of rotatable bonds is 0. The summed E-state index contributed by atoms with van der Waals surface area (Å²) >= 11 is 0. The van der Waals surface area contributed by atoms with E-state index in [0.717, 1.165) is 0 Å². The van der Waals surface area contributed by atoms with E-state index in [2.05, 4.69) is 40.7 Å². The van der Waals surface area contributed by atoms with Crippen LogP contribution >= 0.6 is 0 Å². The third-order valence-electron chi connectivity index (χ3n) is 2.56. The van der Waals surface area contributed by atoms with E-state index >= 15 is 0 Å². The Morgan fingerprint density at radius 1 is 1.00 bits per heavy atom. The molecular weight excluding hydrogens is 564 g/mol. The molecule has 1 rings (SSSR count). The van der Waals surface area contributed by atoms with Gasteiger partial charge in [-0.3, -0.25) is 6.08 Å². The molecule has 0 radical (unpaired) electrons. The van der Waals surface area contributed by atoms with Gasteiger partial charge in [-0.2, -0.15) is 11.1 Å². The van der Waals surface area contributed by atoms with Gasteiger partial charge in [0.25, 0.3) is 0 Å². The SMILES string of the molecule is CC1=[C-]C(C)(C)C(C)=C1C.[I-].[I-].[Os+2]. The van der Waals surface area contributed by atoms with Gasteiger partial charge in [-0.05, 0) is 0 Å². The van der Waals surface area contributed by atoms with Gasteiger partial charge in [0.15, 0.2) is 0 Å². The Hall–Kier alpha value is 1.58. The molecule has 13 heavy (non-hydrogen) atoms. The molecule has 3 heteroatoms. The van der Waals surface area contributed by atoms with Crippen LogP contribution in [0.25, 0.3) is 0 Å². The van der Waals surface area contributed by atoms with Crippen LogP contribution in [0.1, 0.15) is 34.6 Å². The van der Waals surface area contributed by atoms with E-state index in [4.69, 9.17) is 0 Å². The van der Waals surface area contributed by atoms with Crippen molar-refractivity contribution >= 4 is 0 Å². The first-order valence-electron chi connectivity index (χ1n) is 3.75. The van der Waals surface area contributed by atoms with Crippen LogP contribution in [-0.4, -0.2) is 0 Å². The molecule has 0 bridgehead atoms. The molecule has 0 saturated heterocycles. The first-order valence-corrected chi connectivity index (χ1v) is 3.75. The number of allylic oxidation sites excluding steroid dienone is 4. The van der Waals surface area contributed by atoms with Crippen molar-refractivity contribution in [2.75, 3.05) is 0 Å². The molecule has 0 spiro atoms. The first kappa shape index (κ1) is 20.0. The van der Waals surface area contributed by atoms with Gasteiger partial charge in [0.1, 0.15) is 0 Å². The summed E-state index contributed by atoms with van der Waals surface area (Å²) in [5.41, 5.74) is 4.39. The molecule has 1 aliphatic rings. The van der Waals surface area contributed by atoms with Crippen LogP contribution in [0.3, 0.4) is 0 Å². The number of hydrogen-bond donors (Lipinski definition) is 0. The Kier molecular flexibility index (Phi) is 10.7. The summed E-state index contributed by atoms with van der Waals surface area (Å²) in [4.78, 5) is 0. The summed E-state index contributed by atoms with van der Waals surface area (Å²) in [6.45, 7) is 10.9. The normalized spacial score (nSPS) is 18.1. The van der Waals surface area contributed by atoms with Crippen molar-refractivity contribution in [2.45, 2.75) is 34.6 Å². The minimum absolute atomic E-state index is 0. The van der Waals surface area contributed by atoms with Gasteiger partial charge in [-0.25, -0.2) is 5.57 Å². The van der Waals surface area contributed by atoms with Crippen molar-refractivity contribution < 1.29 is 67.7 Å². The fourth-order valence-corrected chi connectivity index (χ4v) is 1.41. The summed E-state index contributed by atoms with van der Waals surface area (Å²) in [5.74, 6) is 0. The molecule has 0 atom stereocenters. The summed E-state index contributed by atoms with van der Waals surface area (Å²) < 4.78 is 0. The molecule has 0 amide bonds. The average Bonchev–Trinajstić information content (AvgIpc) is 1.95. The molecule has 0 saturated carbocycles. The molecule has 1 aliphatic carbocycles. The molecule has 0 aromatic rings. The maximum atomic E-state index is 3.44. The van der Waals surface area contributed by atoms with E-state index in [0.29, 0.717) is 0 Å². The van der Waals surface area contributed by atoms with Crippen LogP contribution < -0.4 is 48.0 Å². The zero-order valence-corrected chi connectivity index (χ0v) is 15.5. The number of halogens is 2. The number of hydrogen-bond acceptors (Lipinski definition) is 0. The quantitative estimate of drug-likeness (QED) is 0.214. The van der Waals surface area contributed by atoms with E-state index < -0.39 is 0 Å². The molecule has 0 unspecified atom stereocenters. The second-order valence-electron chi connectivity index (χ2n) is 3.62. The van der Waals surface area contributed by atoms with Crippen LogP contribution in [0.4, 0.5) is 0 Å². The second kappa shape index (κ2) is 6.95. The van der Waals surface area contributed by atoms with Gasteiger partial charge in [-0.1, -0.05) is 33.1 Å². The van der Waals surface area contributed by atoms with Crippen molar-refractivity contribution in [2.24, 2.45) is 5.41 Å². The molecule has 0 aromatic carbocycles. The molecule has 78 valence electrons. The van der Waals surface area contributed by atoms with E-state index in [1.807, 2.05) is 0 Å². The predicted octanol–water partition coefficient (Wildman–Crippen LogP) is -2.88. The van der Waals surface area contributed by atoms with Gasteiger partial charge in [0.2, 0.25) is 0 Å². The minimum atomic E-state index is 0. The van der Waals surface area contributed by atoms with E-state index in [9.17, 15) is 0 Å². The van der Waals surface area contributed by atoms with E-state index in [-0.39, 0.29) is 73.2 Å². The van der Waals surface area contributed by atoms with Crippen LogP contribution in [0.2, 0.25) is 0 Å². The fourth-order valence-electron chi connectivity index (χ4n) is 1.41. The Morgan fingerprint density at radius 2 is 1.38 bits per heavy atom. The van der Waals surface area contributed by atoms with Gasteiger partial charge < -0.3 is 48.0 Å². The van der Waals surface area contributed by atoms with E-state index in [1.54, 1.807) is 0 Å². The molecule has 0 aromatic heterocycles. The molecule has 0 nitrogen and oxygen atoms in total. The maximum absolute atomic E-state index is 3.44. The van der Waals surface area contributed by atoms with Crippen LogP contribution in [-0.2, 0) is 19.8 Å². The predicted molar refractivity (Wildman–Crippen MR) is 44.6 cm³/mol. The monoisotopic (exact) mass is 581 g/mol. The zero-order chi connectivity index (χ0) is 7.94. The molecular formula is C10H15I2Os-. The van der Waals surface area contributed by atoms with Crippen LogP contribution in [0.15, 0.2) is 16.7 Å². The summed E-state index contributed by atoms with van der Waals surface area (Å²) in [6.07, 6.45) is 3.44. The Labute approximate surface area is 129 Å². The van der Waals surface area contributed by atoms with Crippen molar-refractivity contribution in [1.82, 2.24) is 0 Å². The van der Waals surface area contributed by atoms with Gasteiger partial charge >= 0.3 is 19.8 Å². The van der Waals surface area contributed by atoms with E-state index in [1.165, 1.54) is 16.7 Å². The molecule has 0 aliphatic heterocycles. The fraction of sp³-hybridized carbons (Fsp3) is 0.600. The third-order valence-corrected chi connectivity index (χ3v) is 2.56. The smallest absolute Gasteiger partial charge is 1.00 e. The first-order chi connectivity index (χ1) is 4.45. The zero-order valence-electron chi connectivity index (χ0n) is 8.61. The topological polar surface area (TPSA) is 0 Å². The van der Waals surface area contributed by atoms with Gasteiger partial charge in [0.05, 0.1) is 0 Å². The average molecular weight is 579 g/mol. The Bertz CT molecular complexity index is 227. The molecule has 0 fully saturated rings. The Morgan fingerprint density at radius 3 is 1.46 bits per heavy atom.